The summed E-state index contributed by atoms with van der Waals surface area (Å²) in [5.74, 6) is 0. The molecule has 0 fully saturated rings. The van der Waals surface area contributed by atoms with Crippen molar-refractivity contribution in [3.63, 3.8) is 0 Å². The summed E-state index contributed by atoms with van der Waals surface area (Å²) < 4.78 is 0. The number of fused-ring (bicyclic) bond motifs is 4. The molecule has 3 aromatic carbocycles. The molecule has 0 aromatic heterocycles. The highest BCUT2D eigenvalue weighted by atomic mass is 16.6. The van der Waals surface area contributed by atoms with Crippen molar-refractivity contribution >= 4 is 34.0 Å². The SMILES string of the molecule is CN1/C(=C\C=C\C=C2c3cc([N+](=O)[O-])cc([N+](=O)[O-])c3-c3c2cc([N+](=O)[O-])cc3[N+](=O)[O-])C(C)(C)c2ccccc21. The molecule has 0 amide bonds. The monoisotopic (exact) mass is 555 g/mol. The van der Waals surface area contributed by atoms with Gasteiger partial charge in [0.25, 0.3) is 22.7 Å². The molecule has 0 radical (unpaired) electrons. The molecule has 3 aromatic rings. The Hall–Kier alpha value is -5.72. The van der Waals surface area contributed by atoms with Crippen molar-refractivity contribution in [2.45, 2.75) is 19.3 Å². The molecule has 2 aliphatic rings. The van der Waals surface area contributed by atoms with Gasteiger partial charge in [0.05, 0.1) is 43.0 Å². The Labute approximate surface area is 231 Å². The Morgan fingerprint density at radius 3 is 1.66 bits per heavy atom. The topological polar surface area (TPSA) is 176 Å². The van der Waals surface area contributed by atoms with E-state index in [1.165, 1.54) is 6.08 Å². The van der Waals surface area contributed by atoms with Crippen LogP contribution in [-0.2, 0) is 5.41 Å². The van der Waals surface area contributed by atoms with Crippen LogP contribution in [0.3, 0.4) is 0 Å². The van der Waals surface area contributed by atoms with E-state index >= 15 is 0 Å². The lowest BCUT2D eigenvalue weighted by Crippen LogP contribution is -2.22. The summed E-state index contributed by atoms with van der Waals surface area (Å²) in [5, 5.41) is 47.1. The van der Waals surface area contributed by atoms with Gasteiger partial charge in [-0.1, -0.05) is 50.3 Å². The molecule has 0 unspecified atom stereocenters. The summed E-state index contributed by atoms with van der Waals surface area (Å²) in [7, 11) is 1.94. The Bertz CT molecular complexity index is 1720. The van der Waals surface area contributed by atoms with Crippen LogP contribution >= 0.6 is 0 Å². The van der Waals surface area contributed by atoms with E-state index in [0.29, 0.717) is 0 Å². The van der Waals surface area contributed by atoms with Gasteiger partial charge in [-0.25, -0.2) is 0 Å². The van der Waals surface area contributed by atoms with Crippen molar-refractivity contribution in [3.8, 4) is 11.1 Å². The third-order valence-corrected chi connectivity index (χ3v) is 7.42. The quantitative estimate of drug-likeness (QED) is 0.187. The molecule has 1 aliphatic heterocycles. The zero-order valence-electron chi connectivity index (χ0n) is 21.9. The second-order valence-corrected chi connectivity index (χ2v) is 10.0. The number of benzene rings is 3. The first-order chi connectivity index (χ1) is 19.3. The van der Waals surface area contributed by atoms with E-state index in [2.05, 4.69) is 13.8 Å². The lowest BCUT2D eigenvalue weighted by atomic mass is 9.84. The van der Waals surface area contributed by atoms with Crippen LogP contribution in [0.2, 0.25) is 0 Å². The van der Waals surface area contributed by atoms with Crippen LogP contribution in [0.25, 0.3) is 16.7 Å². The van der Waals surface area contributed by atoms with Gasteiger partial charge in [-0.15, -0.1) is 0 Å². The van der Waals surface area contributed by atoms with Crippen molar-refractivity contribution in [2.24, 2.45) is 0 Å². The molecule has 0 bridgehead atoms. The first-order valence-electron chi connectivity index (χ1n) is 12.2. The Kier molecular flexibility index (Phi) is 6.21. The van der Waals surface area contributed by atoms with E-state index in [-0.39, 0.29) is 33.2 Å². The fourth-order valence-corrected chi connectivity index (χ4v) is 5.60. The summed E-state index contributed by atoms with van der Waals surface area (Å²) in [6.45, 7) is 4.15. The maximum atomic E-state index is 12.0. The Morgan fingerprint density at radius 1 is 0.707 bits per heavy atom. The lowest BCUT2D eigenvalue weighted by molar-refractivity contribution is -0.395. The van der Waals surface area contributed by atoms with Crippen LogP contribution in [0.4, 0.5) is 28.4 Å². The maximum absolute atomic E-state index is 12.0. The van der Waals surface area contributed by atoms with Crippen molar-refractivity contribution in [1.82, 2.24) is 0 Å². The summed E-state index contributed by atoms with van der Waals surface area (Å²) in [6.07, 6.45) is 6.66. The number of para-hydroxylation sites is 1. The van der Waals surface area contributed by atoms with E-state index in [1.54, 1.807) is 12.2 Å². The molecule has 5 rings (SSSR count). The lowest BCUT2D eigenvalue weighted by Gasteiger charge is -2.23. The van der Waals surface area contributed by atoms with E-state index in [0.717, 1.165) is 41.2 Å². The van der Waals surface area contributed by atoms with Crippen molar-refractivity contribution in [2.75, 3.05) is 11.9 Å². The molecule has 0 saturated heterocycles. The highest BCUT2D eigenvalue weighted by molar-refractivity contribution is 6.08. The van der Waals surface area contributed by atoms with E-state index < -0.39 is 42.4 Å². The number of likely N-dealkylation sites (N-methyl/N-ethyl adjacent to an activating group) is 1. The van der Waals surface area contributed by atoms with Crippen molar-refractivity contribution in [1.29, 1.82) is 0 Å². The van der Waals surface area contributed by atoms with Crippen LogP contribution < -0.4 is 4.90 Å². The predicted octanol–water partition coefficient (Wildman–Crippen LogP) is 6.60. The predicted molar refractivity (Wildman–Crippen MR) is 151 cm³/mol. The van der Waals surface area contributed by atoms with Crippen LogP contribution in [-0.4, -0.2) is 26.7 Å². The number of non-ortho nitro benzene ring substituents is 2. The van der Waals surface area contributed by atoms with Crippen LogP contribution in [0, 0.1) is 40.5 Å². The second-order valence-electron chi connectivity index (χ2n) is 10.0. The number of hydrogen-bond acceptors (Lipinski definition) is 9. The molecule has 1 aliphatic carbocycles. The normalized spacial score (nSPS) is 15.5. The van der Waals surface area contributed by atoms with Gasteiger partial charge in [0.2, 0.25) is 0 Å². The zero-order chi connectivity index (χ0) is 29.8. The smallest absolute Gasteiger partial charge is 0.284 e. The fourth-order valence-electron chi connectivity index (χ4n) is 5.60. The fraction of sp³-hybridized carbons (Fsp3) is 0.143. The van der Waals surface area contributed by atoms with Gasteiger partial charge < -0.3 is 4.90 Å². The number of allylic oxidation sites excluding steroid dienone is 5. The van der Waals surface area contributed by atoms with E-state index in [9.17, 15) is 40.5 Å². The molecule has 0 N–H and O–H groups in total. The molecule has 13 nitrogen and oxygen atoms in total. The number of rotatable bonds is 6. The van der Waals surface area contributed by atoms with Crippen LogP contribution in [0.1, 0.15) is 30.5 Å². The Morgan fingerprint density at radius 2 is 1.20 bits per heavy atom. The highest BCUT2D eigenvalue weighted by Gasteiger charge is 2.40. The summed E-state index contributed by atoms with van der Waals surface area (Å²) in [5.41, 5.74) is -0.0604. The van der Waals surface area contributed by atoms with Crippen molar-refractivity contribution < 1.29 is 19.7 Å². The molecule has 206 valence electrons. The molecule has 41 heavy (non-hydrogen) atoms. The van der Waals surface area contributed by atoms with Gasteiger partial charge >= 0.3 is 0 Å². The van der Waals surface area contributed by atoms with Gasteiger partial charge in [0.15, 0.2) is 0 Å². The molecule has 13 heteroatoms. The second kappa shape index (κ2) is 9.48. The molecule has 0 atom stereocenters. The number of anilines is 1. The highest BCUT2D eigenvalue weighted by Crippen LogP contribution is 2.54. The number of nitrogens with zero attached hydrogens (tertiary/aromatic N) is 5. The van der Waals surface area contributed by atoms with Crippen molar-refractivity contribution in [3.05, 3.63) is 136 Å². The number of nitro groups is 4. The molecular weight excluding hydrogens is 534 g/mol. The zero-order valence-corrected chi connectivity index (χ0v) is 21.9. The minimum Gasteiger partial charge on any atom is -0.347 e. The maximum Gasteiger partial charge on any atom is 0.284 e. The third-order valence-electron chi connectivity index (χ3n) is 7.42. The van der Waals surface area contributed by atoms with Gasteiger partial charge in [-0.05, 0) is 23.3 Å². The first kappa shape index (κ1) is 26.9. The molecule has 1 heterocycles. The van der Waals surface area contributed by atoms with Gasteiger partial charge in [0.1, 0.15) is 0 Å². The third kappa shape index (κ3) is 4.19. The first-order valence-corrected chi connectivity index (χ1v) is 12.2. The summed E-state index contributed by atoms with van der Waals surface area (Å²) in [6, 6.07) is 11.6. The summed E-state index contributed by atoms with van der Waals surface area (Å²) in [4.78, 5) is 45.8. The largest absolute Gasteiger partial charge is 0.347 e. The van der Waals surface area contributed by atoms with Gasteiger partial charge in [0, 0.05) is 47.1 Å². The van der Waals surface area contributed by atoms with E-state index in [1.807, 2.05) is 42.3 Å². The van der Waals surface area contributed by atoms with Gasteiger partial charge in [-0.3, -0.25) is 40.5 Å². The van der Waals surface area contributed by atoms with Gasteiger partial charge in [-0.2, -0.15) is 0 Å². The molecule has 0 saturated carbocycles. The minimum atomic E-state index is -0.861. The molecule has 0 spiro atoms. The van der Waals surface area contributed by atoms with Crippen LogP contribution in [0.5, 0.6) is 0 Å². The molecular formula is C28H21N5O8. The minimum absolute atomic E-state index is 0.00693. The average Bonchev–Trinajstić information content (AvgIpc) is 3.33. The number of hydrogen-bond donors (Lipinski definition) is 0. The Balaban J connectivity index is 1.72. The standard InChI is InChI=1S/C28H21N5O8/c1-28(2)21-9-5-6-10-22(21)29(3)25(28)11-7-4-8-18-19-12-16(30(34)35)14-23(32(38)39)26(19)27-20(18)13-17(31(36)37)15-24(27)33(40)41/h4-15H,1-3H3/b7-4+,25-11-. The number of nitro benzene ring substituents is 4. The summed E-state index contributed by atoms with van der Waals surface area (Å²) >= 11 is 0. The van der Waals surface area contributed by atoms with Crippen LogP contribution in [0.15, 0.2) is 78.5 Å². The van der Waals surface area contributed by atoms with E-state index in [4.69, 9.17) is 0 Å². The average molecular weight is 556 g/mol.